The molecule has 1 aliphatic heterocycles. The standard InChI is InChI=1S/C20H19N7O/c21-12-17-5-2-6-22-19(17)15-3-1-4-16(11-15)20(28)27-9-7-26(8-10-27)13-18-23-14-24-25-18/h1-6,11,14H,7-10,13H2,(H,23,24,25). The van der Waals surface area contributed by atoms with E-state index in [1.807, 2.05) is 29.2 Å². The molecule has 0 bridgehead atoms. The quantitative estimate of drug-likeness (QED) is 0.747. The highest BCUT2D eigenvalue weighted by atomic mass is 16.2. The number of aromatic nitrogens is 4. The van der Waals surface area contributed by atoms with Gasteiger partial charge >= 0.3 is 0 Å². The fraction of sp³-hybridized carbons (Fsp3) is 0.250. The number of pyridine rings is 1. The first kappa shape index (κ1) is 17.8. The lowest BCUT2D eigenvalue weighted by Gasteiger charge is -2.34. The number of benzene rings is 1. The molecule has 1 amide bonds. The zero-order valence-electron chi connectivity index (χ0n) is 15.2. The molecule has 1 saturated heterocycles. The Labute approximate surface area is 162 Å². The van der Waals surface area contributed by atoms with Gasteiger partial charge in [0.15, 0.2) is 0 Å². The van der Waals surface area contributed by atoms with E-state index in [0.29, 0.717) is 36.5 Å². The minimum Gasteiger partial charge on any atom is -0.336 e. The van der Waals surface area contributed by atoms with Crippen molar-refractivity contribution in [2.24, 2.45) is 0 Å². The van der Waals surface area contributed by atoms with Gasteiger partial charge in [0.05, 0.1) is 17.8 Å². The molecule has 4 rings (SSSR count). The molecule has 1 aromatic carbocycles. The molecule has 2 aromatic heterocycles. The molecule has 0 unspecified atom stereocenters. The molecule has 0 atom stereocenters. The highest BCUT2D eigenvalue weighted by molar-refractivity contribution is 5.95. The van der Waals surface area contributed by atoms with E-state index in [1.165, 1.54) is 6.33 Å². The SMILES string of the molecule is N#Cc1cccnc1-c1cccc(C(=O)N2CCN(Cc3ncn[nH]3)CC2)c1. The molecule has 8 nitrogen and oxygen atoms in total. The van der Waals surface area contributed by atoms with Crippen molar-refractivity contribution in [1.82, 2.24) is 30.0 Å². The van der Waals surface area contributed by atoms with E-state index in [2.05, 4.69) is 31.1 Å². The first-order chi connectivity index (χ1) is 13.7. The molecule has 0 radical (unpaired) electrons. The van der Waals surface area contributed by atoms with Gasteiger partial charge in [-0.05, 0) is 24.3 Å². The predicted molar refractivity (Wildman–Crippen MR) is 102 cm³/mol. The van der Waals surface area contributed by atoms with Crippen LogP contribution >= 0.6 is 0 Å². The summed E-state index contributed by atoms with van der Waals surface area (Å²) in [7, 11) is 0. The summed E-state index contributed by atoms with van der Waals surface area (Å²) in [6, 6.07) is 12.9. The molecule has 8 heteroatoms. The summed E-state index contributed by atoms with van der Waals surface area (Å²) in [5, 5.41) is 16.0. The topological polar surface area (TPSA) is 102 Å². The molecular formula is C20H19N7O. The average Bonchev–Trinajstić information content (AvgIpc) is 3.27. The maximum Gasteiger partial charge on any atom is 0.253 e. The van der Waals surface area contributed by atoms with E-state index in [0.717, 1.165) is 24.5 Å². The number of H-pyrrole nitrogens is 1. The molecule has 1 N–H and O–H groups in total. The smallest absolute Gasteiger partial charge is 0.253 e. The Kier molecular flexibility index (Phi) is 5.08. The Morgan fingerprint density at radius 2 is 2.00 bits per heavy atom. The van der Waals surface area contributed by atoms with E-state index < -0.39 is 0 Å². The van der Waals surface area contributed by atoms with Crippen LogP contribution in [0.2, 0.25) is 0 Å². The Morgan fingerprint density at radius 1 is 1.14 bits per heavy atom. The molecule has 0 aliphatic carbocycles. The van der Waals surface area contributed by atoms with Crippen LogP contribution in [0, 0.1) is 11.3 Å². The van der Waals surface area contributed by atoms with Crippen LogP contribution in [0.3, 0.4) is 0 Å². The number of amides is 1. The molecule has 1 aliphatic rings. The third-order valence-corrected chi connectivity index (χ3v) is 4.81. The first-order valence-electron chi connectivity index (χ1n) is 9.06. The van der Waals surface area contributed by atoms with Gasteiger partial charge in [0, 0.05) is 43.5 Å². The fourth-order valence-corrected chi connectivity index (χ4v) is 3.34. The van der Waals surface area contributed by atoms with Crippen LogP contribution in [0.4, 0.5) is 0 Å². The van der Waals surface area contributed by atoms with E-state index in [1.54, 1.807) is 18.3 Å². The third kappa shape index (κ3) is 3.75. The second-order valence-corrected chi connectivity index (χ2v) is 6.59. The maximum absolute atomic E-state index is 13.0. The summed E-state index contributed by atoms with van der Waals surface area (Å²) in [4.78, 5) is 25.5. The highest BCUT2D eigenvalue weighted by Crippen LogP contribution is 2.22. The van der Waals surface area contributed by atoms with Crippen molar-refractivity contribution >= 4 is 5.91 Å². The van der Waals surface area contributed by atoms with Crippen LogP contribution in [-0.2, 0) is 6.54 Å². The van der Waals surface area contributed by atoms with E-state index in [9.17, 15) is 10.1 Å². The summed E-state index contributed by atoms with van der Waals surface area (Å²) in [5.41, 5.74) is 2.47. The summed E-state index contributed by atoms with van der Waals surface area (Å²) < 4.78 is 0. The van der Waals surface area contributed by atoms with Gasteiger partial charge in [0.25, 0.3) is 5.91 Å². The molecule has 3 aromatic rings. The number of nitriles is 1. The van der Waals surface area contributed by atoms with Crippen molar-refractivity contribution in [1.29, 1.82) is 5.26 Å². The summed E-state index contributed by atoms with van der Waals surface area (Å²) >= 11 is 0. The Hall–Kier alpha value is -3.57. The normalized spacial score (nSPS) is 14.6. The van der Waals surface area contributed by atoms with Crippen molar-refractivity contribution in [3.63, 3.8) is 0 Å². The number of hydrogen-bond donors (Lipinski definition) is 1. The van der Waals surface area contributed by atoms with Crippen LogP contribution < -0.4 is 0 Å². The lowest BCUT2D eigenvalue weighted by molar-refractivity contribution is 0.0625. The summed E-state index contributed by atoms with van der Waals surface area (Å²) in [6.07, 6.45) is 3.15. The number of aromatic amines is 1. The second-order valence-electron chi connectivity index (χ2n) is 6.59. The average molecular weight is 373 g/mol. The highest BCUT2D eigenvalue weighted by Gasteiger charge is 2.23. The van der Waals surface area contributed by atoms with E-state index >= 15 is 0 Å². The van der Waals surface area contributed by atoms with Crippen LogP contribution in [0.1, 0.15) is 21.7 Å². The molecular weight excluding hydrogens is 354 g/mol. The number of carbonyl (C=O) groups is 1. The molecule has 0 saturated carbocycles. The van der Waals surface area contributed by atoms with Crippen molar-refractivity contribution in [2.45, 2.75) is 6.54 Å². The number of carbonyl (C=O) groups excluding carboxylic acids is 1. The van der Waals surface area contributed by atoms with Crippen LogP contribution in [-0.4, -0.2) is 62.1 Å². The first-order valence-corrected chi connectivity index (χ1v) is 9.06. The van der Waals surface area contributed by atoms with Crippen LogP contribution in [0.15, 0.2) is 48.9 Å². The number of nitrogens with zero attached hydrogens (tertiary/aromatic N) is 6. The second kappa shape index (κ2) is 7.98. The van der Waals surface area contributed by atoms with Gasteiger partial charge in [-0.1, -0.05) is 12.1 Å². The van der Waals surface area contributed by atoms with Gasteiger partial charge < -0.3 is 4.90 Å². The van der Waals surface area contributed by atoms with Crippen LogP contribution in [0.5, 0.6) is 0 Å². The van der Waals surface area contributed by atoms with E-state index in [-0.39, 0.29) is 5.91 Å². The minimum absolute atomic E-state index is 0.00407. The summed E-state index contributed by atoms with van der Waals surface area (Å²) in [5.74, 6) is 0.826. The predicted octanol–water partition coefficient (Wildman–Crippen LogP) is 1.70. The Morgan fingerprint density at radius 3 is 2.75 bits per heavy atom. The zero-order chi connectivity index (χ0) is 19.3. The third-order valence-electron chi connectivity index (χ3n) is 4.81. The number of rotatable bonds is 4. The number of nitrogens with one attached hydrogen (secondary N) is 1. The lowest BCUT2D eigenvalue weighted by atomic mass is 10.0. The molecule has 28 heavy (non-hydrogen) atoms. The maximum atomic E-state index is 13.0. The number of hydrogen-bond acceptors (Lipinski definition) is 6. The van der Waals surface area contributed by atoms with Gasteiger partial charge in [-0.15, -0.1) is 0 Å². The van der Waals surface area contributed by atoms with Crippen LogP contribution in [0.25, 0.3) is 11.3 Å². The van der Waals surface area contributed by atoms with Gasteiger partial charge in [0.2, 0.25) is 0 Å². The van der Waals surface area contributed by atoms with Crippen molar-refractivity contribution < 1.29 is 4.79 Å². The monoisotopic (exact) mass is 373 g/mol. The molecule has 3 heterocycles. The minimum atomic E-state index is -0.00407. The van der Waals surface area contributed by atoms with E-state index in [4.69, 9.17) is 0 Å². The molecule has 1 fully saturated rings. The largest absolute Gasteiger partial charge is 0.336 e. The summed E-state index contributed by atoms with van der Waals surface area (Å²) in [6.45, 7) is 3.58. The van der Waals surface area contributed by atoms with Crippen molar-refractivity contribution in [2.75, 3.05) is 26.2 Å². The Balaban J connectivity index is 1.45. The fourth-order valence-electron chi connectivity index (χ4n) is 3.34. The van der Waals surface area contributed by atoms with Crippen molar-refractivity contribution in [3.8, 4) is 17.3 Å². The van der Waals surface area contributed by atoms with Gasteiger partial charge in [-0.2, -0.15) is 10.4 Å². The van der Waals surface area contributed by atoms with Gasteiger partial charge in [-0.3, -0.25) is 19.8 Å². The lowest BCUT2D eigenvalue weighted by Crippen LogP contribution is -2.48. The zero-order valence-corrected chi connectivity index (χ0v) is 15.2. The van der Waals surface area contributed by atoms with Crippen molar-refractivity contribution in [3.05, 3.63) is 65.9 Å². The number of piperazine rings is 1. The molecule has 140 valence electrons. The Bertz CT molecular complexity index is 1000. The van der Waals surface area contributed by atoms with Gasteiger partial charge in [-0.25, -0.2) is 4.98 Å². The molecule has 0 spiro atoms. The van der Waals surface area contributed by atoms with Gasteiger partial charge in [0.1, 0.15) is 18.2 Å².